The summed E-state index contributed by atoms with van der Waals surface area (Å²) in [6.45, 7) is 0.472. The maximum atomic E-state index is 13.1. The van der Waals surface area contributed by atoms with E-state index in [0.29, 0.717) is 12.5 Å². The summed E-state index contributed by atoms with van der Waals surface area (Å²) in [6.07, 6.45) is 3.18. The van der Waals surface area contributed by atoms with Crippen molar-refractivity contribution in [2.75, 3.05) is 31.3 Å². The highest BCUT2D eigenvalue weighted by molar-refractivity contribution is 5.58. The number of aromatic nitrogens is 2. The normalized spacial score (nSPS) is 14.9. The van der Waals surface area contributed by atoms with E-state index in [1.54, 1.807) is 12.1 Å². The van der Waals surface area contributed by atoms with Crippen molar-refractivity contribution < 1.29 is 9.31 Å². The number of nitrogens with one attached hydrogen (secondary N) is 2. The number of nitrogens with zero attached hydrogens (tertiary/aromatic N) is 4. The first-order valence-electron chi connectivity index (χ1n) is 8.38. The van der Waals surface area contributed by atoms with E-state index in [1.807, 2.05) is 19.0 Å². The highest BCUT2D eigenvalue weighted by Gasteiger charge is 2.26. The minimum absolute atomic E-state index is 0.0331. The lowest BCUT2D eigenvalue weighted by Crippen LogP contribution is -2.27. The molecule has 138 valence electrons. The Morgan fingerprint density at radius 2 is 2.04 bits per heavy atom. The van der Waals surface area contributed by atoms with Crippen LogP contribution in [0, 0.1) is 15.9 Å². The number of anilines is 2. The summed E-state index contributed by atoms with van der Waals surface area (Å²) in [5, 5.41) is 17.3. The fourth-order valence-electron chi connectivity index (χ4n) is 2.59. The van der Waals surface area contributed by atoms with E-state index in [-0.39, 0.29) is 29.4 Å². The van der Waals surface area contributed by atoms with Gasteiger partial charge in [0.15, 0.2) is 0 Å². The number of benzene rings is 1. The summed E-state index contributed by atoms with van der Waals surface area (Å²) in [5.41, 5.74) is 0.812. The van der Waals surface area contributed by atoms with Crippen LogP contribution in [-0.4, -0.2) is 46.5 Å². The molecule has 8 nitrogen and oxygen atoms in total. The van der Waals surface area contributed by atoms with Crippen LogP contribution in [0.4, 0.5) is 21.8 Å². The first-order chi connectivity index (χ1) is 12.4. The van der Waals surface area contributed by atoms with Crippen molar-refractivity contribution in [3.8, 4) is 0 Å². The highest BCUT2D eigenvalue weighted by atomic mass is 19.1. The van der Waals surface area contributed by atoms with Crippen molar-refractivity contribution >= 4 is 17.5 Å². The Morgan fingerprint density at radius 3 is 2.62 bits per heavy atom. The van der Waals surface area contributed by atoms with Gasteiger partial charge in [-0.1, -0.05) is 12.1 Å². The maximum absolute atomic E-state index is 13.1. The fraction of sp³-hybridized carbons (Fsp3) is 0.412. The zero-order valence-electron chi connectivity index (χ0n) is 14.6. The Bertz CT molecular complexity index is 779. The quantitative estimate of drug-likeness (QED) is 0.552. The molecule has 1 atom stereocenters. The number of halogens is 1. The third-order valence-corrected chi connectivity index (χ3v) is 4.22. The third kappa shape index (κ3) is 4.42. The monoisotopic (exact) mass is 360 g/mol. The molecule has 1 aromatic carbocycles. The number of hydrogen-bond donors (Lipinski definition) is 2. The standard InChI is InChI=1S/C17H21FN6O2/c1-23(2)14(11-3-5-12(18)6-4-11)9-19-17-20-10-15(24(25)26)16(22-17)21-13-7-8-13/h3-6,10,13-14H,7-9H2,1-2H3,(H2,19,20,21,22). The molecule has 0 radical (unpaired) electrons. The Balaban J connectivity index is 1.74. The average molecular weight is 360 g/mol. The van der Waals surface area contributed by atoms with Gasteiger partial charge < -0.3 is 15.5 Å². The van der Waals surface area contributed by atoms with Crippen molar-refractivity contribution in [2.45, 2.75) is 24.9 Å². The van der Waals surface area contributed by atoms with Crippen molar-refractivity contribution in [1.29, 1.82) is 0 Å². The maximum Gasteiger partial charge on any atom is 0.329 e. The molecule has 3 rings (SSSR count). The van der Waals surface area contributed by atoms with Crippen LogP contribution < -0.4 is 10.6 Å². The SMILES string of the molecule is CN(C)C(CNc1ncc([N+](=O)[O-])c(NC2CC2)n1)c1ccc(F)cc1. The van der Waals surface area contributed by atoms with Gasteiger partial charge in [0.05, 0.1) is 11.0 Å². The molecule has 1 aliphatic rings. The van der Waals surface area contributed by atoms with Crippen LogP contribution in [0.25, 0.3) is 0 Å². The van der Waals surface area contributed by atoms with Crippen LogP contribution in [0.1, 0.15) is 24.4 Å². The van der Waals surface area contributed by atoms with Crippen molar-refractivity contribution in [1.82, 2.24) is 14.9 Å². The number of hydrogen-bond acceptors (Lipinski definition) is 7. The predicted molar refractivity (Wildman–Crippen MR) is 96.6 cm³/mol. The summed E-state index contributed by atoms with van der Waals surface area (Å²) in [4.78, 5) is 20.9. The molecule has 0 aliphatic heterocycles. The third-order valence-electron chi connectivity index (χ3n) is 4.22. The highest BCUT2D eigenvalue weighted by Crippen LogP contribution is 2.29. The number of nitro groups is 1. The fourth-order valence-corrected chi connectivity index (χ4v) is 2.59. The molecule has 0 amide bonds. The second-order valence-electron chi connectivity index (χ2n) is 6.52. The molecule has 1 heterocycles. The number of likely N-dealkylation sites (N-methyl/N-ethyl adjacent to an activating group) is 1. The first-order valence-corrected chi connectivity index (χ1v) is 8.38. The van der Waals surface area contributed by atoms with Gasteiger partial charge in [-0.2, -0.15) is 4.98 Å². The van der Waals surface area contributed by atoms with Gasteiger partial charge in [0.25, 0.3) is 0 Å². The van der Waals surface area contributed by atoms with Crippen LogP contribution in [0.15, 0.2) is 30.5 Å². The van der Waals surface area contributed by atoms with Gasteiger partial charge in [-0.3, -0.25) is 10.1 Å². The lowest BCUT2D eigenvalue weighted by atomic mass is 10.1. The first kappa shape index (κ1) is 18.0. The van der Waals surface area contributed by atoms with Gasteiger partial charge in [0, 0.05) is 12.6 Å². The lowest BCUT2D eigenvalue weighted by molar-refractivity contribution is -0.384. The van der Waals surface area contributed by atoms with Gasteiger partial charge in [-0.15, -0.1) is 0 Å². The molecule has 9 heteroatoms. The second-order valence-corrected chi connectivity index (χ2v) is 6.52. The van der Waals surface area contributed by atoms with Crippen LogP contribution in [-0.2, 0) is 0 Å². The van der Waals surface area contributed by atoms with Gasteiger partial charge in [0.1, 0.15) is 12.0 Å². The van der Waals surface area contributed by atoms with E-state index < -0.39 is 4.92 Å². The van der Waals surface area contributed by atoms with E-state index >= 15 is 0 Å². The van der Waals surface area contributed by atoms with E-state index in [9.17, 15) is 14.5 Å². The lowest BCUT2D eigenvalue weighted by Gasteiger charge is -2.25. The molecular weight excluding hydrogens is 339 g/mol. The van der Waals surface area contributed by atoms with E-state index in [0.717, 1.165) is 18.4 Å². The summed E-state index contributed by atoms with van der Waals surface area (Å²) < 4.78 is 13.1. The molecular formula is C17H21FN6O2. The molecule has 1 aromatic heterocycles. The van der Waals surface area contributed by atoms with E-state index in [2.05, 4.69) is 20.6 Å². The molecule has 1 aliphatic carbocycles. The van der Waals surface area contributed by atoms with Crippen molar-refractivity contribution in [2.24, 2.45) is 0 Å². The Labute approximate surface area is 150 Å². The minimum atomic E-state index is -0.490. The Kier molecular flexibility index (Phi) is 5.27. The Morgan fingerprint density at radius 1 is 1.35 bits per heavy atom. The van der Waals surface area contributed by atoms with Crippen LogP contribution in [0.3, 0.4) is 0 Å². The topological polar surface area (TPSA) is 96.2 Å². The molecule has 2 aromatic rings. The second kappa shape index (κ2) is 7.61. The largest absolute Gasteiger partial charge is 0.361 e. The molecule has 0 bridgehead atoms. The minimum Gasteiger partial charge on any atom is -0.361 e. The summed E-state index contributed by atoms with van der Waals surface area (Å²) in [7, 11) is 3.85. The summed E-state index contributed by atoms with van der Waals surface area (Å²) >= 11 is 0. The summed E-state index contributed by atoms with van der Waals surface area (Å²) in [6, 6.07) is 6.52. The van der Waals surface area contributed by atoms with E-state index in [4.69, 9.17) is 0 Å². The molecule has 2 N–H and O–H groups in total. The zero-order valence-corrected chi connectivity index (χ0v) is 14.6. The van der Waals surface area contributed by atoms with Gasteiger partial charge >= 0.3 is 5.69 Å². The molecule has 0 spiro atoms. The average Bonchev–Trinajstić information content (AvgIpc) is 3.40. The smallest absolute Gasteiger partial charge is 0.329 e. The molecule has 0 saturated heterocycles. The van der Waals surface area contributed by atoms with Crippen LogP contribution >= 0.6 is 0 Å². The van der Waals surface area contributed by atoms with Crippen molar-refractivity contribution in [3.05, 3.63) is 52.0 Å². The van der Waals surface area contributed by atoms with Gasteiger partial charge in [-0.25, -0.2) is 9.37 Å². The van der Waals surface area contributed by atoms with Crippen molar-refractivity contribution in [3.63, 3.8) is 0 Å². The summed E-state index contributed by atoms with van der Waals surface area (Å²) in [5.74, 6) is 0.264. The Hall–Kier alpha value is -2.81. The van der Waals surface area contributed by atoms with Gasteiger partial charge in [-0.05, 0) is 44.6 Å². The van der Waals surface area contributed by atoms with Gasteiger partial charge in [0.2, 0.25) is 11.8 Å². The molecule has 1 unspecified atom stereocenters. The van der Waals surface area contributed by atoms with Crippen LogP contribution in [0.2, 0.25) is 0 Å². The predicted octanol–water partition coefficient (Wildman–Crippen LogP) is 2.81. The number of rotatable bonds is 8. The zero-order chi connectivity index (χ0) is 18.7. The molecule has 1 fully saturated rings. The van der Waals surface area contributed by atoms with Crippen LogP contribution in [0.5, 0.6) is 0 Å². The molecule has 26 heavy (non-hydrogen) atoms. The van der Waals surface area contributed by atoms with E-state index in [1.165, 1.54) is 18.3 Å². The molecule has 1 saturated carbocycles.